The number of amides is 1. The van der Waals surface area contributed by atoms with Crippen molar-refractivity contribution >= 4 is 29.1 Å². The Bertz CT molecular complexity index is 621. The molecular formula is C17H22ClN3O. The van der Waals surface area contributed by atoms with Crippen molar-refractivity contribution in [3.8, 4) is 0 Å². The van der Waals surface area contributed by atoms with Crippen LogP contribution in [0.2, 0.25) is 0 Å². The Kier molecular flexibility index (Phi) is 6.19. The predicted octanol–water partition coefficient (Wildman–Crippen LogP) is 1.90. The number of piperazine rings is 1. The van der Waals surface area contributed by atoms with Gasteiger partial charge >= 0.3 is 0 Å². The van der Waals surface area contributed by atoms with Crippen molar-refractivity contribution in [3.63, 3.8) is 0 Å². The van der Waals surface area contributed by atoms with Crippen molar-refractivity contribution < 1.29 is 4.79 Å². The van der Waals surface area contributed by atoms with Crippen LogP contribution in [-0.2, 0) is 0 Å². The molecule has 1 saturated heterocycles. The molecule has 2 aromatic rings. The Morgan fingerprint density at radius 2 is 1.82 bits per heavy atom. The monoisotopic (exact) mass is 319 g/mol. The Morgan fingerprint density at radius 1 is 1.09 bits per heavy atom. The molecule has 1 aliphatic heterocycles. The van der Waals surface area contributed by atoms with E-state index in [1.165, 1.54) is 0 Å². The average molecular weight is 320 g/mol. The third kappa shape index (κ3) is 3.97. The summed E-state index contributed by atoms with van der Waals surface area (Å²) in [6.45, 7) is 5.81. The van der Waals surface area contributed by atoms with Gasteiger partial charge in [-0.1, -0.05) is 36.4 Å². The number of hydrogen-bond acceptors (Lipinski definition) is 3. The van der Waals surface area contributed by atoms with Gasteiger partial charge in [-0.15, -0.1) is 12.4 Å². The van der Waals surface area contributed by atoms with Crippen molar-refractivity contribution in [3.05, 3.63) is 48.0 Å². The summed E-state index contributed by atoms with van der Waals surface area (Å²) in [5, 5.41) is 8.49. The molecule has 0 aliphatic carbocycles. The number of carbonyl (C=O) groups is 1. The van der Waals surface area contributed by atoms with E-state index in [-0.39, 0.29) is 18.3 Å². The third-order valence-corrected chi connectivity index (χ3v) is 3.96. The molecule has 2 aromatic carbocycles. The lowest BCUT2D eigenvalue weighted by Gasteiger charge is -2.27. The molecule has 0 spiro atoms. The van der Waals surface area contributed by atoms with Gasteiger partial charge in [0.1, 0.15) is 0 Å². The van der Waals surface area contributed by atoms with Crippen LogP contribution in [0.3, 0.4) is 0 Å². The molecule has 1 fully saturated rings. The maximum atomic E-state index is 12.4. The molecule has 0 saturated carbocycles. The van der Waals surface area contributed by atoms with Gasteiger partial charge in [0.15, 0.2) is 0 Å². The zero-order valence-electron chi connectivity index (χ0n) is 12.5. The second-order valence-corrected chi connectivity index (χ2v) is 5.37. The number of rotatable bonds is 4. The van der Waals surface area contributed by atoms with Gasteiger partial charge < -0.3 is 10.6 Å². The van der Waals surface area contributed by atoms with Gasteiger partial charge in [-0.2, -0.15) is 0 Å². The van der Waals surface area contributed by atoms with E-state index in [2.05, 4.69) is 15.5 Å². The minimum absolute atomic E-state index is 0. The Morgan fingerprint density at radius 3 is 2.64 bits per heavy atom. The van der Waals surface area contributed by atoms with Crippen molar-refractivity contribution in [2.45, 2.75) is 0 Å². The summed E-state index contributed by atoms with van der Waals surface area (Å²) in [5.74, 6) is 0.0157. The number of benzene rings is 2. The van der Waals surface area contributed by atoms with Gasteiger partial charge in [0.25, 0.3) is 5.91 Å². The normalized spacial score (nSPS) is 15.3. The molecule has 0 bridgehead atoms. The highest BCUT2D eigenvalue weighted by Gasteiger charge is 2.11. The maximum Gasteiger partial charge on any atom is 0.251 e. The van der Waals surface area contributed by atoms with Crippen LogP contribution < -0.4 is 10.6 Å². The highest BCUT2D eigenvalue weighted by Crippen LogP contribution is 2.18. The first-order valence-corrected chi connectivity index (χ1v) is 7.53. The van der Waals surface area contributed by atoms with E-state index in [9.17, 15) is 4.79 Å². The van der Waals surface area contributed by atoms with Crippen LogP contribution in [0.4, 0.5) is 0 Å². The number of carbonyl (C=O) groups excluding carboxylic acids is 1. The van der Waals surface area contributed by atoms with E-state index in [0.717, 1.165) is 49.1 Å². The van der Waals surface area contributed by atoms with E-state index in [1.54, 1.807) is 0 Å². The van der Waals surface area contributed by atoms with E-state index >= 15 is 0 Å². The number of fused-ring (bicyclic) bond motifs is 1. The van der Waals surface area contributed by atoms with Crippen molar-refractivity contribution in [1.29, 1.82) is 0 Å². The quantitative estimate of drug-likeness (QED) is 0.904. The van der Waals surface area contributed by atoms with Crippen LogP contribution in [0.1, 0.15) is 10.4 Å². The van der Waals surface area contributed by atoms with E-state index < -0.39 is 0 Å². The van der Waals surface area contributed by atoms with Crippen LogP contribution in [0.15, 0.2) is 42.5 Å². The first kappa shape index (κ1) is 16.7. The lowest BCUT2D eigenvalue weighted by molar-refractivity contribution is 0.0949. The fraction of sp³-hybridized carbons (Fsp3) is 0.353. The van der Waals surface area contributed by atoms with Crippen LogP contribution in [0.25, 0.3) is 10.8 Å². The molecule has 3 rings (SSSR count). The Balaban J connectivity index is 0.00000176. The van der Waals surface area contributed by atoms with E-state index in [1.807, 2.05) is 42.5 Å². The molecule has 0 aromatic heterocycles. The lowest BCUT2D eigenvalue weighted by atomic mass is 10.0. The number of nitrogens with zero attached hydrogens (tertiary/aromatic N) is 1. The predicted molar refractivity (Wildman–Crippen MR) is 92.8 cm³/mol. The second-order valence-electron chi connectivity index (χ2n) is 5.37. The highest BCUT2D eigenvalue weighted by molar-refractivity contribution is 6.06. The molecule has 2 N–H and O–H groups in total. The summed E-state index contributed by atoms with van der Waals surface area (Å²) in [5.41, 5.74) is 0.758. The van der Waals surface area contributed by atoms with E-state index in [0.29, 0.717) is 6.54 Å². The molecule has 1 heterocycles. The molecule has 1 amide bonds. The largest absolute Gasteiger partial charge is 0.351 e. The molecular weight excluding hydrogens is 298 g/mol. The van der Waals surface area contributed by atoms with Gasteiger partial charge in [-0.05, 0) is 16.8 Å². The van der Waals surface area contributed by atoms with Crippen LogP contribution in [-0.4, -0.2) is 50.1 Å². The molecule has 0 radical (unpaired) electrons. The fourth-order valence-corrected chi connectivity index (χ4v) is 2.78. The van der Waals surface area contributed by atoms with Gasteiger partial charge in [-0.3, -0.25) is 9.69 Å². The molecule has 5 heteroatoms. The summed E-state index contributed by atoms with van der Waals surface area (Å²) >= 11 is 0. The maximum absolute atomic E-state index is 12.4. The topological polar surface area (TPSA) is 44.4 Å². The molecule has 0 atom stereocenters. The Hall–Kier alpha value is -1.62. The summed E-state index contributed by atoms with van der Waals surface area (Å²) in [6.07, 6.45) is 0. The number of nitrogens with one attached hydrogen (secondary N) is 2. The minimum Gasteiger partial charge on any atom is -0.351 e. The summed E-state index contributed by atoms with van der Waals surface area (Å²) in [7, 11) is 0. The SMILES string of the molecule is Cl.O=C(NCCN1CCNCC1)c1cccc2ccccc12. The summed E-state index contributed by atoms with van der Waals surface area (Å²) < 4.78 is 0. The van der Waals surface area contributed by atoms with Crippen LogP contribution in [0.5, 0.6) is 0 Å². The molecule has 0 unspecified atom stereocenters. The van der Waals surface area contributed by atoms with Crippen molar-refractivity contribution in [2.24, 2.45) is 0 Å². The van der Waals surface area contributed by atoms with Crippen LogP contribution >= 0.6 is 12.4 Å². The highest BCUT2D eigenvalue weighted by atomic mass is 35.5. The summed E-state index contributed by atoms with van der Waals surface area (Å²) in [6, 6.07) is 13.9. The molecule has 118 valence electrons. The van der Waals surface area contributed by atoms with E-state index in [4.69, 9.17) is 0 Å². The minimum atomic E-state index is 0. The summed E-state index contributed by atoms with van der Waals surface area (Å²) in [4.78, 5) is 14.7. The van der Waals surface area contributed by atoms with Crippen LogP contribution in [0, 0.1) is 0 Å². The number of halogens is 1. The van der Waals surface area contributed by atoms with Gasteiger partial charge in [0.2, 0.25) is 0 Å². The Labute approximate surface area is 137 Å². The van der Waals surface area contributed by atoms with Gasteiger partial charge in [0.05, 0.1) is 0 Å². The molecule has 1 aliphatic rings. The first-order chi connectivity index (χ1) is 10.3. The second kappa shape index (κ2) is 8.13. The van der Waals surface area contributed by atoms with Crippen molar-refractivity contribution in [1.82, 2.24) is 15.5 Å². The zero-order valence-corrected chi connectivity index (χ0v) is 13.4. The first-order valence-electron chi connectivity index (χ1n) is 7.53. The molecule has 4 nitrogen and oxygen atoms in total. The van der Waals surface area contributed by atoms with Gasteiger partial charge in [0, 0.05) is 44.8 Å². The van der Waals surface area contributed by atoms with Gasteiger partial charge in [-0.25, -0.2) is 0 Å². The van der Waals surface area contributed by atoms with Crippen molar-refractivity contribution in [2.75, 3.05) is 39.3 Å². The smallest absolute Gasteiger partial charge is 0.251 e. The fourth-order valence-electron chi connectivity index (χ4n) is 2.78. The lowest BCUT2D eigenvalue weighted by Crippen LogP contribution is -2.46. The molecule has 22 heavy (non-hydrogen) atoms. The average Bonchev–Trinajstić information content (AvgIpc) is 2.55. The zero-order chi connectivity index (χ0) is 14.5. The number of hydrogen-bond donors (Lipinski definition) is 2. The standard InChI is InChI=1S/C17H21N3O.ClH/c21-17(19-10-13-20-11-8-18-9-12-20)16-7-3-5-14-4-1-2-6-15(14)16;/h1-7,18H,8-13H2,(H,19,21);1H. The third-order valence-electron chi connectivity index (χ3n) is 3.96.